The number of carbonyl (C=O) groups excluding carboxylic acids is 2. The minimum atomic E-state index is -0.364. The molecule has 1 aromatic carbocycles. The molecule has 1 fully saturated rings. The number of amides is 1. The van der Waals surface area contributed by atoms with Crippen molar-refractivity contribution in [2.75, 3.05) is 32.1 Å². The van der Waals surface area contributed by atoms with Crippen molar-refractivity contribution < 1.29 is 14.3 Å². The third-order valence-corrected chi connectivity index (χ3v) is 4.10. The van der Waals surface area contributed by atoms with Crippen molar-refractivity contribution in [1.82, 2.24) is 4.90 Å². The average molecular weight is 304 g/mol. The van der Waals surface area contributed by atoms with Crippen molar-refractivity contribution in [2.45, 2.75) is 26.7 Å². The number of piperidine rings is 1. The third-order valence-electron chi connectivity index (χ3n) is 4.10. The number of anilines is 1. The van der Waals surface area contributed by atoms with Gasteiger partial charge < -0.3 is 15.0 Å². The summed E-state index contributed by atoms with van der Waals surface area (Å²) in [7, 11) is 2.07. The maximum absolute atomic E-state index is 12.4. The lowest BCUT2D eigenvalue weighted by Gasteiger charge is -2.28. The second-order valence-electron chi connectivity index (χ2n) is 5.82. The van der Waals surface area contributed by atoms with Gasteiger partial charge in [-0.1, -0.05) is 6.07 Å². The quantitative estimate of drug-likeness (QED) is 0.868. The Morgan fingerprint density at radius 2 is 2.00 bits per heavy atom. The lowest BCUT2D eigenvalue weighted by Crippen LogP contribution is -2.36. The topological polar surface area (TPSA) is 58.6 Å². The van der Waals surface area contributed by atoms with Gasteiger partial charge in [-0.3, -0.25) is 4.79 Å². The van der Waals surface area contributed by atoms with E-state index in [1.54, 1.807) is 19.1 Å². The molecule has 0 aliphatic carbocycles. The summed E-state index contributed by atoms with van der Waals surface area (Å²) in [4.78, 5) is 26.4. The van der Waals surface area contributed by atoms with Gasteiger partial charge in [0.05, 0.1) is 12.2 Å². The van der Waals surface area contributed by atoms with Gasteiger partial charge in [0, 0.05) is 11.6 Å². The Bertz CT molecular complexity index is 549. The molecule has 0 aromatic heterocycles. The van der Waals surface area contributed by atoms with Crippen molar-refractivity contribution in [3.8, 4) is 0 Å². The fourth-order valence-corrected chi connectivity index (χ4v) is 2.60. The van der Waals surface area contributed by atoms with Crippen LogP contribution in [-0.2, 0) is 9.53 Å². The van der Waals surface area contributed by atoms with Crippen molar-refractivity contribution >= 4 is 17.6 Å². The number of rotatable bonds is 4. The molecule has 22 heavy (non-hydrogen) atoms. The fraction of sp³-hybridized carbons (Fsp3) is 0.529. The van der Waals surface area contributed by atoms with Gasteiger partial charge in [-0.25, -0.2) is 4.79 Å². The van der Waals surface area contributed by atoms with Crippen LogP contribution in [0.3, 0.4) is 0 Å². The number of nitrogens with zero attached hydrogens (tertiary/aromatic N) is 1. The highest BCUT2D eigenvalue weighted by Gasteiger charge is 2.23. The van der Waals surface area contributed by atoms with Gasteiger partial charge >= 0.3 is 5.97 Å². The van der Waals surface area contributed by atoms with Gasteiger partial charge in [0.1, 0.15) is 0 Å². The summed E-state index contributed by atoms with van der Waals surface area (Å²) in [6.45, 7) is 5.91. The van der Waals surface area contributed by atoms with Crippen LogP contribution in [0, 0.1) is 12.8 Å². The van der Waals surface area contributed by atoms with Gasteiger partial charge in [0.2, 0.25) is 5.91 Å². The number of likely N-dealkylation sites (tertiary alicyclic amines) is 1. The molecule has 1 aliphatic rings. The van der Waals surface area contributed by atoms with E-state index in [-0.39, 0.29) is 17.8 Å². The number of nitrogens with one attached hydrogen (secondary N) is 1. The van der Waals surface area contributed by atoms with E-state index in [0.29, 0.717) is 17.9 Å². The normalized spacial score (nSPS) is 16.3. The molecule has 1 amide bonds. The second-order valence-corrected chi connectivity index (χ2v) is 5.82. The predicted molar refractivity (Wildman–Crippen MR) is 86.0 cm³/mol. The number of esters is 1. The Morgan fingerprint density at radius 1 is 1.32 bits per heavy atom. The third kappa shape index (κ3) is 4.07. The highest BCUT2D eigenvalue weighted by Crippen LogP contribution is 2.22. The summed E-state index contributed by atoms with van der Waals surface area (Å²) in [5, 5.41) is 2.97. The maximum atomic E-state index is 12.4. The van der Waals surface area contributed by atoms with Crippen LogP contribution in [0.15, 0.2) is 18.2 Å². The number of benzene rings is 1. The number of ether oxygens (including phenoxy) is 1. The molecule has 1 aliphatic heterocycles. The number of hydrogen-bond acceptors (Lipinski definition) is 4. The molecule has 0 spiro atoms. The van der Waals surface area contributed by atoms with Crippen molar-refractivity contribution in [3.05, 3.63) is 29.3 Å². The molecule has 0 radical (unpaired) electrons. The minimum Gasteiger partial charge on any atom is -0.462 e. The number of carbonyl (C=O) groups is 2. The molecule has 2 rings (SSSR count). The van der Waals surface area contributed by atoms with Crippen molar-refractivity contribution in [2.24, 2.45) is 5.92 Å². The lowest BCUT2D eigenvalue weighted by molar-refractivity contribution is -0.121. The number of aryl methyl sites for hydroxylation is 1. The average Bonchev–Trinajstić information content (AvgIpc) is 2.50. The van der Waals surface area contributed by atoms with Gasteiger partial charge in [0.25, 0.3) is 0 Å². The molecule has 5 nitrogen and oxygen atoms in total. The van der Waals surface area contributed by atoms with Gasteiger partial charge in [-0.15, -0.1) is 0 Å². The maximum Gasteiger partial charge on any atom is 0.338 e. The van der Waals surface area contributed by atoms with E-state index in [1.165, 1.54) is 0 Å². The van der Waals surface area contributed by atoms with Crippen molar-refractivity contribution in [3.63, 3.8) is 0 Å². The first-order valence-corrected chi connectivity index (χ1v) is 7.78. The first-order valence-electron chi connectivity index (χ1n) is 7.78. The van der Waals surface area contributed by atoms with E-state index in [1.807, 2.05) is 13.0 Å². The Labute approximate surface area is 131 Å². The highest BCUT2D eigenvalue weighted by atomic mass is 16.5. The Kier molecular flexibility index (Phi) is 5.55. The van der Waals surface area contributed by atoms with E-state index in [4.69, 9.17) is 4.74 Å². The Hall–Kier alpha value is -1.88. The molecule has 1 N–H and O–H groups in total. The zero-order valence-corrected chi connectivity index (χ0v) is 13.5. The minimum absolute atomic E-state index is 0.0391. The highest BCUT2D eigenvalue weighted by molar-refractivity contribution is 5.96. The summed E-state index contributed by atoms with van der Waals surface area (Å²) < 4.78 is 5.00. The summed E-state index contributed by atoms with van der Waals surface area (Å²) in [6, 6.07) is 5.25. The molecule has 5 heteroatoms. The standard InChI is InChI=1S/C17H24N2O3/c1-4-22-17(21)14-6-5-12(2)15(11-14)18-16(20)13-7-9-19(3)10-8-13/h5-6,11,13H,4,7-10H2,1-3H3,(H,18,20). The van der Waals surface area contributed by atoms with E-state index < -0.39 is 0 Å². The van der Waals surface area contributed by atoms with E-state index in [0.717, 1.165) is 31.5 Å². The fourth-order valence-electron chi connectivity index (χ4n) is 2.60. The molecule has 1 heterocycles. The van der Waals surface area contributed by atoms with E-state index in [2.05, 4.69) is 17.3 Å². The summed E-state index contributed by atoms with van der Waals surface area (Å²) in [5.74, 6) is -0.281. The Morgan fingerprint density at radius 3 is 2.64 bits per heavy atom. The van der Waals surface area contributed by atoms with Crippen molar-refractivity contribution in [1.29, 1.82) is 0 Å². The van der Waals surface area contributed by atoms with Gasteiger partial charge in [-0.05, 0) is 64.5 Å². The predicted octanol–water partition coefficient (Wildman–Crippen LogP) is 2.45. The number of hydrogen-bond donors (Lipinski definition) is 1. The van der Waals surface area contributed by atoms with Crippen LogP contribution in [0.5, 0.6) is 0 Å². The molecule has 0 saturated carbocycles. The summed E-state index contributed by atoms with van der Waals surface area (Å²) in [6.07, 6.45) is 1.75. The van der Waals surface area contributed by atoms with Crippen LogP contribution in [-0.4, -0.2) is 43.5 Å². The van der Waals surface area contributed by atoms with Crippen LogP contribution < -0.4 is 5.32 Å². The van der Waals surface area contributed by atoms with E-state index >= 15 is 0 Å². The second kappa shape index (κ2) is 7.40. The zero-order valence-electron chi connectivity index (χ0n) is 13.5. The largest absolute Gasteiger partial charge is 0.462 e. The molecule has 1 saturated heterocycles. The molecule has 120 valence electrons. The zero-order chi connectivity index (χ0) is 16.1. The van der Waals surface area contributed by atoms with E-state index in [9.17, 15) is 9.59 Å². The van der Waals surface area contributed by atoms with Crippen LogP contribution in [0.2, 0.25) is 0 Å². The first-order chi connectivity index (χ1) is 10.5. The molecular formula is C17H24N2O3. The first kappa shape index (κ1) is 16.5. The summed E-state index contributed by atoms with van der Waals surface area (Å²) in [5.41, 5.74) is 2.09. The smallest absolute Gasteiger partial charge is 0.338 e. The molecule has 1 aromatic rings. The molecule has 0 atom stereocenters. The summed E-state index contributed by atoms with van der Waals surface area (Å²) >= 11 is 0. The monoisotopic (exact) mass is 304 g/mol. The van der Waals surface area contributed by atoms with Crippen LogP contribution in [0.25, 0.3) is 0 Å². The van der Waals surface area contributed by atoms with Crippen LogP contribution >= 0.6 is 0 Å². The molecule has 0 bridgehead atoms. The van der Waals surface area contributed by atoms with Crippen LogP contribution in [0.1, 0.15) is 35.7 Å². The van der Waals surface area contributed by atoms with Gasteiger partial charge in [0.15, 0.2) is 0 Å². The SMILES string of the molecule is CCOC(=O)c1ccc(C)c(NC(=O)C2CCN(C)CC2)c1. The molecular weight excluding hydrogens is 280 g/mol. The van der Waals surface area contributed by atoms with Crippen LogP contribution in [0.4, 0.5) is 5.69 Å². The van der Waals surface area contributed by atoms with Gasteiger partial charge in [-0.2, -0.15) is 0 Å². The lowest BCUT2D eigenvalue weighted by atomic mass is 9.96. The molecule has 0 unspecified atom stereocenters. The Balaban J connectivity index is 2.06.